The van der Waals surface area contributed by atoms with Crippen molar-refractivity contribution in [3.8, 4) is 0 Å². The molecule has 1 aromatic heterocycles. The number of halogens is 1. The Hall–Kier alpha value is -1.60. The first-order valence-corrected chi connectivity index (χ1v) is 5.98. The Bertz CT molecular complexity index is 475. The van der Waals surface area contributed by atoms with Gasteiger partial charge in [-0.25, -0.2) is 4.79 Å². The zero-order chi connectivity index (χ0) is 14.6. The number of carbonyl (C=O) groups is 2. The minimum atomic E-state index is -0.734. The van der Waals surface area contributed by atoms with Gasteiger partial charge in [0.25, 0.3) is 0 Å². The molecule has 0 aliphatic carbocycles. The molecule has 0 aromatic carbocycles. The minimum Gasteiger partial charge on any atom is -0.467 e. The Labute approximate surface area is 124 Å². The number of ether oxygens (including phenoxy) is 1. The first kappa shape index (κ1) is 18.4. The SMILES string of the molecule is COC(=O)[C@@H](C)NC(=O)[C@@H](N)Cc1cc(C)nn1C.Cl. The third kappa shape index (κ3) is 4.82. The number of esters is 1. The fourth-order valence-corrected chi connectivity index (χ4v) is 1.73. The number of nitrogens with one attached hydrogen (secondary N) is 1. The third-order valence-electron chi connectivity index (χ3n) is 2.78. The summed E-state index contributed by atoms with van der Waals surface area (Å²) in [5.41, 5.74) is 7.55. The molecule has 0 saturated carbocycles. The molecule has 0 fully saturated rings. The number of nitrogens with zero attached hydrogens (tertiary/aromatic N) is 2. The van der Waals surface area contributed by atoms with Crippen molar-refractivity contribution in [3.63, 3.8) is 0 Å². The average molecular weight is 305 g/mol. The molecule has 20 heavy (non-hydrogen) atoms. The number of nitrogens with two attached hydrogens (primary N) is 1. The van der Waals surface area contributed by atoms with Crippen molar-refractivity contribution >= 4 is 24.3 Å². The molecule has 0 spiro atoms. The number of amides is 1. The number of hydrogen-bond acceptors (Lipinski definition) is 5. The first-order chi connectivity index (χ1) is 8.85. The predicted octanol–water partition coefficient (Wildman–Crippen LogP) is -0.302. The van der Waals surface area contributed by atoms with Gasteiger partial charge in [0.1, 0.15) is 6.04 Å². The van der Waals surface area contributed by atoms with Crippen molar-refractivity contribution in [2.24, 2.45) is 12.8 Å². The van der Waals surface area contributed by atoms with Crippen molar-refractivity contribution in [1.29, 1.82) is 0 Å². The smallest absolute Gasteiger partial charge is 0.328 e. The van der Waals surface area contributed by atoms with E-state index in [0.29, 0.717) is 6.42 Å². The van der Waals surface area contributed by atoms with Gasteiger partial charge < -0.3 is 15.8 Å². The summed E-state index contributed by atoms with van der Waals surface area (Å²) in [5, 5.41) is 6.69. The molecule has 0 aliphatic rings. The summed E-state index contributed by atoms with van der Waals surface area (Å²) in [5.74, 6) is -0.895. The van der Waals surface area contributed by atoms with E-state index in [4.69, 9.17) is 5.73 Å². The summed E-state index contributed by atoms with van der Waals surface area (Å²) in [6, 6.07) is 0.426. The molecule has 1 heterocycles. The van der Waals surface area contributed by atoms with E-state index in [1.54, 1.807) is 18.7 Å². The molecule has 0 radical (unpaired) electrons. The number of methoxy groups -OCH3 is 1. The van der Waals surface area contributed by atoms with Gasteiger partial charge in [0.05, 0.1) is 18.8 Å². The van der Waals surface area contributed by atoms with Crippen LogP contribution in [-0.4, -0.2) is 40.9 Å². The summed E-state index contributed by atoms with van der Waals surface area (Å²) >= 11 is 0. The van der Waals surface area contributed by atoms with Crippen molar-refractivity contribution in [2.75, 3.05) is 7.11 Å². The van der Waals surface area contributed by atoms with Gasteiger partial charge in [-0.2, -0.15) is 5.10 Å². The second-order valence-electron chi connectivity index (χ2n) is 4.46. The maximum atomic E-state index is 11.8. The van der Waals surface area contributed by atoms with Crippen LogP contribution in [-0.2, 0) is 27.8 Å². The number of carbonyl (C=O) groups excluding carboxylic acids is 2. The van der Waals surface area contributed by atoms with E-state index in [-0.39, 0.29) is 12.4 Å². The molecule has 7 nitrogen and oxygen atoms in total. The maximum Gasteiger partial charge on any atom is 0.328 e. The van der Waals surface area contributed by atoms with Crippen LogP contribution in [0.3, 0.4) is 0 Å². The van der Waals surface area contributed by atoms with Gasteiger partial charge in [0, 0.05) is 19.2 Å². The number of rotatable bonds is 5. The zero-order valence-electron chi connectivity index (χ0n) is 12.0. The molecular formula is C12H21ClN4O3. The second kappa shape index (κ2) is 7.86. The van der Waals surface area contributed by atoms with Crippen LogP contribution >= 0.6 is 12.4 Å². The number of hydrogen-bond donors (Lipinski definition) is 2. The Morgan fingerprint density at radius 1 is 1.55 bits per heavy atom. The molecule has 0 aliphatic heterocycles. The maximum absolute atomic E-state index is 11.8. The van der Waals surface area contributed by atoms with Crippen molar-refractivity contribution < 1.29 is 14.3 Å². The molecule has 0 bridgehead atoms. The number of aromatic nitrogens is 2. The normalized spacial score (nSPS) is 13.1. The van der Waals surface area contributed by atoms with Crippen LogP contribution in [0, 0.1) is 6.92 Å². The largest absolute Gasteiger partial charge is 0.467 e. The predicted molar refractivity (Wildman–Crippen MR) is 76.5 cm³/mol. The lowest BCUT2D eigenvalue weighted by atomic mass is 10.1. The Morgan fingerprint density at radius 3 is 2.60 bits per heavy atom. The van der Waals surface area contributed by atoms with Gasteiger partial charge in [-0.05, 0) is 19.9 Å². The molecule has 1 aromatic rings. The van der Waals surface area contributed by atoms with Crippen molar-refractivity contribution in [3.05, 3.63) is 17.5 Å². The lowest BCUT2D eigenvalue weighted by Crippen LogP contribution is -2.48. The molecule has 114 valence electrons. The summed E-state index contributed by atoms with van der Waals surface area (Å²) in [7, 11) is 3.06. The quantitative estimate of drug-likeness (QED) is 0.728. The van der Waals surface area contributed by atoms with Gasteiger partial charge in [-0.1, -0.05) is 0 Å². The van der Waals surface area contributed by atoms with Gasteiger partial charge in [-0.3, -0.25) is 9.48 Å². The lowest BCUT2D eigenvalue weighted by molar-refractivity contribution is -0.144. The zero-order valence-corrected chi connectivity index (χ0v) is 12.9. The van der Waals surface area contributed by atoms with E-state index < -0.39 is 24.0 Å². The van der Waals surface area contributed by atoms with Crippen molar-refractivity contribution in [2.45, 2.75) is 32.4 Å². The van der Waals surface area contributed by atoms with Crippen LogP contribution in [0.1, 0.15) is 18.3 Å². The summed E-state index contributed by atoms with van der Waals surface area (Å²) in [6.45, 7) is 3.42. The van der Waals surface area contributed by atoms with Gasteiger partial charge in [-0.15, -0.1) is 12.4 Å². The highest BCUT2D eigenvalue weighted by Gasteiger charge is 2.21. The summed E-state index contributed by atoms with van der Waals surface area (Å²) in [6.07, 6.45) is 0.358. The minimum absolute atomic E-state index is 0. The van der Waals surface area contributed by atoms with E-state index in [9.17, 15) is 9.59 Å². The van der Waals surface area contributed by atoms with E-state index in [1.165, 1.54) is 7.11 Å². The highest BCUT2D eigenvalue weighted by atomic mass is 35.5. The first-order valence-electron chi connectivity index (χ1n) is 5.98. The van der Waals surface area contributed by atoms with E-state index in [2.05, 4.69) is 15.2 Å². The molecule has 3 N–H and O–H groups in total. The third-order valence-corrected chi connectivity index (χ3v) is 2.78. The van der Waals surface area contributed by atoms with Crippen LogP contribution in [0.15, 0.2) is 6.07 Å². The molecular weight excluding hydrogens is 284 g/mol. The van der Waals surface area contributed by atoms with E-state index in [0.717, 1.165) is 11.4 Å². The lowest BCUT2D eigenvalue weighted by Gasteiger charge is -2.15. The van der Waals surface area contributed by atoms with Gasteiger partial charge in [0.2, 0.25) is 5.91 Å². The fourth-order valence-electron chi connectivity index (χ4n) is 1.73. The highest BCUT2D eigenvalue weighted by Crippen LogP contribution is 2.04. The molecule has 1 rings (SSSR count). The molecule has 2 atom stereocenters. The Balaban J connectivity index is 0.00000361. The molecule has 0 unspecified atom stereocenters. The Kier molecular flexibility index (Phi) is 7.23. The topological polar surface area (TPSA) is 99.2 Å². The van der Waals surface area contributed by atoms with Crippen LogP contribution < -0.4 is 11.1 Å². The second-order valence-corrected chi connectivity index (χ2v) is 4.46. The van der Waals surface area contributed by atoms with Crippen molar-refractivity contribution in [1.82, 2.24) is 15.1 Å². The highest BCUT2D eigenvalue weighted by molar-refractivity contribution is 5.87. The van der Waals surface area contributed by atoms with E-state index in [1.807, 2.05) is 13.0 Å². The Morgan fingerprint density at radius 2 is 2.15 bits per heavy atom. The number of aryl methyl sites for hydroxylation is 2. The molecule has 0 saturated heterocycles. The van der Waals surface area contributed by atoms with Gasteiger partial charge >= 0.3 is 5.97 Å². The van der Waals surface area contributed by atoms with Crippen LogP contribution in [0.25, 0.3) is 0 Å². The van der Waals surface area contributed by atoms with E-state index >= 15 is 0 Å². The summed E-state index contributed by atoms with van der Waals surface area (Å²) in [4.78, 5) is 23.0. The standard InChI is InChI=1S/C12H20N4O3.ClH/c1-7-5-9(16(3)15-7)6-10(13)11(17)14-8(2)12(18)19-4;/h5,8,10H,6,13H2,1-4H3,(H,14,17);1H/t8-,10+;/m1./s1. The van der Waals surface area contributed by atoms with Crippen LogP contribution in [0.2, 0.25) is 0 Å². The summed E-state index contributed by atoms with van der Waals surface area (Å²) < 4.78 is 6.21. The fraction of sp³-hybridized carbons (Fsp3) is 0.583. The monoisotopic (exact) mass is 304 g/mol. The van der Waals surface area contributed by atoms with Crippen LogP contribution in [0.4, 0.5) is 0 Å². The average Bonchev–Trinajstić information content (AvgIpc) is 2.66. The molecule has 1 amide bonds. The van der Waals surface area contributed by atoms with Gasteiger partial charge in [0.15, 0.2) is 0 Å². The van der Waals surface area contributed by atoms with Crippen LogP contribution in [0.5, 0.6) is 0 Å². The molecule has 8 heteroatoms.